The smallest absolute Gasteiger partial charge is 0.319 e. The molecule has 1 aliphatic rings. The minimum absolute atomic E-state index is 0.0400. The first-order valence-corrected chi connectivity index (χ1v) is 10.8. The van der Waals surface area contributed by atoms with E-state index in [-0.39, 0.29) is 24.4 Å². The highest BCUT2D eigenvalue weighted by Gasteiger charge is 2.20. The van der Waals surface area contributed by atoms with Crippen LogP contribution in [0.25, 0.3) is 0 Å². The summed E-state index contributed by atoms with van der Waals surface area (Å²) in [6.07, 6.45) is 2.05. The van der Waals surface area contributed by atoms with Crippen LogP contribution in [0.2, 0.25) is 0 Å². The molecule has 8 heteroatoms. The molecule has 1 heterocycles. The molecule has 1 saturated heterocycles. The molecule has 3 rings (SSSR count). The molecular weight excluding hydrogens is 448 g/mol. The van der Waals surface area contributed by atoms with Crippen molar-refractivity contribution in [1.29, 1.82) is 0 Å². The molecule has 3 amide bonds. The van der Waals surface area contributed by atoms with Gasteiger partial charge in [0.05, 0.1) is 7.11 Å². The highest BCUT2D eigenvalue weighted by atomic mass is 79.9. The average molecular weight is 475 g/mol. The number of carbonyl (C=O) groups excluding carboxylic acids is 2. The lowest BCUT2D eigenvalue weighted by molar-refractivity contribution is -0.121. The zero-order chi connectivity index (χ0) is 21.3. The third-order valence-electron chi connectivity index (χ3n) is 5.04. The summed E-state index contributed by atoms with van der Waals surface area (Å²) < 4.78 is 6.14. The number of carbonyl (C=O) groups is 2. The predicted molar refractivity (Wildman–Crippen MR) is 122 cm³/mol. The van der Waals surface area contributed by atoms with Crippen LogP contribution in [0.1, 0.15) is 19.3 Å². The number of hydrogen-bond donors (Lipinski definition) is 3. The normalized spacial score (nSPS) is 14.1. The number of ether oxygens (including phenoxy) is 1. The first-order valence-electron chi connectivity index (χ1n) is 10.0. The Bertz CT molecular complexity index is 834. The van der Waals surface area contributed by atoms with Gasteiger partial charge in [0.1, 0.15) is 5.75 Å². The summed E-state index contributed by atoms with van der Waals surface area (Å²) in [5, 5.41) is 8.52. The Balaban J connectivity index is 1.32. The largest absolute Gasteiger partial charge is 0.497 e. The second-order valence-corrected chi connectivity index (χ2v) is 8.08. The number of urea groups is 1. The van der Waals surface area contributed by atoms with E-state index in [1.165, 1.54) is 5.69 Å². The van der Waals surface area contributed by atoms with Gasteiger partial charge in [-0.2, -0.15) is 0 Å². The van der Waals surface area contributed by atoms with Crippen LogP contribution >= 0.6 is 15.9 Å². The Hall–Kier alpha value is -2.74. The number of amides is 3. The van der Waals surface area contributed by atoms with E-state index in [2.05, 4.69) is 48.9 Å². The zero-order valence-electron chi connectivity index (χ0n) is 17.0. The molecule has 0 atom stereocenters. The molecule has 0 saturated carbocycles. The van der Waals surface area contributed by atoms with Crippen molar-refractivity contribution in [2.24, 2.45) is 0 Å². The Morgan fingerprint density at radius 3 is 2.37 bits per heavy atom. The fourth-order valence-electron chi connectivity index (χ4n) is 3.37. The van der Waals surface area contributed by atoms with Crippen LogP contribution in [0.3, 0.4) is 0 Å². The molecule has 1 fully saturated rings. The van der Waals surface area contributed by atoms with Crippen LogP contribution < -0.4 is 25.6 Å². The SMILES string of the molecule is COc1ccc(N2CCC(NC(=O)CCNC(=O)Nc3ccc(Br)cc3)CC2)cc1. The second kappa shape index (κ2) is 10.9. The maximum Gasteiger partial charge on any atom is 0.319 e. The quantitative estimate of drug-likeness (QED) is 0.570. The lowest BCUT2D eigenvalue weighted by Crippen LogP contribution is -2.45. The standard InChI is InChI=1S/C22H27BrN4O3/c1-30-20-8-6-19(7-9-20)27-14-11-18(12-15-27)25-21(28)10-13-24-22(29)26-17-4-2-16(23)3-5-17/h2-9,18H,10-15H2,1H3,(H,25,28)(H2,24,26,29). The maximum absolute atomic E-state index is 12.2. The highest BCUT2D eigenvalue weighted by Crippen LogP contribution is 2.22. The zero-order valence-corrected chi connectivity index (χ0v) is 18.6. The molecule has 160 valence electrons. The van der Waals surface area contributed by atoms with E-state index in [9.17, 15) is 9.59 Å². The monoisotopic (exact) mass is 474 g/mol. The minimum Gasteiger partial charge on any atom is -0.497 e. The minimum atomic E-state index is -0.321. The van der Waals surface area contributed by atoms with E-state index in [4.69, 9.17) is 4.74 Å². The fourth-order valence-corrected chi connectivity index (χ4v) is 3.64. The summed E-state index contributed by atoms with van der Waals surface area (Å²) in [4.78, 5) is 26.4. The molecule has 0 spiro atoms. The van der Waals surface area contributed by atoms with Crippen LogP contribution in [-0.2, 0) is 4.79 Å². The lowest BCUT2D eigenvalue weighted by Gasteiger charge is -2.34. The van der Waals surface area contributed by atoms with Crippen molar-refractivity contribution in [1.82, 2.24) is 10.6 Å². The van der Waals surface area contributed by atoms with Crippen LogP contribution in [0, 0.1) is 0 Å². The molecule has 2 aromatic rings. The van der Waals surface area contributed by atoms with Gasteiger partial charge in [0.25, 0.3) is 0 Å². The molecule has 0 radical (unpaired) electrons. The van der Waals surface area contributed by atoms with Gasteiger partial charge in [0, 0.05) is 47.9 Å². The molecule has 7 nitrogen and oxygen atoms in total. The van der Waals surface area contributed by atoms with Crippen LogP contribution in [0.4, 0.5) is 16.2 Å². The van der Waals surface area contributed by atoms with E-state index in [0.29, 0.717) is 12.2 Å². The van der Waals surface area contributed by atoms with Crippen molar-refractivity contribution in [3.63, 3.8) is 0 Å². The van der Waals surface area contributed by atoms with Crippen LogP contribution in [0.5, 0.6) is 5.75 Å². The molecule has 0 bridgehead atoms. The number of benzene rings is 2. The molecule has 0 unspecified atom stereocenters. The summed E-state index contributed by atoms with van der Waals surface area (Å²) in [6, 6.07) is 15.2. The number of rotatable bonds is 7. The maximum atomic E-state index is 12.2. The average Bonchev–Trinajstić information content (AvgIpc) is 2.76. The molecule has 0 aliphatic carbocycles. The number of halogens is 1. The van der Waals surface area contributed by atoms with Gasteiger partial charge in [0.2, 0.25) is 5.91 Å². The van der Waals surface area contributed by atoms with Gasteiger partial charge in [-0.25, -0.2) is 4.79 Å². The van der Waals surface area contributed by atoms with Gasteiger partial charge in [-0.15, -0.1) is 0 Å². The summed E-state index contributed by atoms with van der Waals surface area (Å²) in [5.41, 5.74) is 1.87. The van der Waals surface area contributed by atoms with Crippen molar-refractivity contribution in [3.05, 3.63) is 53.0 Å². The second-order valence-electron chi connectivity index (χ2n) is 7.16. The number of hydrogen-bond acceptors (Lipinski definition) is 4. The molecular formula is C22H27BrN4O3. The van der Waals surface area contributed by atoms with Crippen molar-refractivity contribution >= 4 is 39.2 Å². The predicted octanol–water partition coefficient (Wildman–Crippen LogP) is 3.75. The third-order valence-corrected chi connectivity index (χ3v) is 5.57. The summed E-state index contributed by atoms with van der Waals surface area (Å²) in [6.45, 7) is 2.08. The Morgan fingerprint density at radius 1 is 1.07 bits per heavy atom. The molecule has 1 aliphatic heterocycles. The van der Waals surface area contributed by atoms with Crippen molar-refractivity contribution in [2.75, 3.05) is 37.0 Å². The van der Waals surface area contributed by atoms with E-state index < -0.39 is 0 Å². The highest BCUT2D eigenvalue weighted by molar-refractivity contribution is 9.10. The van der Waals surface area contributed by atoms with Gasteiger partial charge < -0.3 is 25.6 Å². The van der Waals surface area contributed by atoms with Crippen LogP contribution in [-0.4, -0.2) is 44.7 Å². The molecule has 3 N–H and O–H groups in total. The van der Waals surface area contributed by atoms with Gasteiger partial charge in [-0.3, -0.25) is 4.79 Å². The molecule has 0 aromatic heterocycles. The third kappa shape index (κ3) is 6.66. The van der Waals surface area contributed by atoms with E-state index >= 15 is 0 Å². The van der Waals surface area contributed by atoms with Gasteiger partial charge >= 0.3 is 6.03 Å². The van der Waals surface area contributed by atoms with Gasteiger partial charge in [-0.05, 0) is 61.4 Å². The number of piperidine rings is 1. The summed E-state index contributed by atoms with van der Waals surface area (Å²) in [5.74, 6) is 0.807. The van der Waals surface area contributed by atoms with E-state index in [1.807, 2.05) is 24.3 Å². The topological polar surface area (TPSA) is 82.7 Å². The van der Waals surface area contributed by atoms with Crippen molar-refractivity contribution in [3.8, 4) is 5.75 Å². The Labute approximate surface area is 185 Å². The number of methoxy groups -OCH3 is 1. The fraction of sp³-hybridized carbons (Fsp3) is 0.364. The molecule has 2 aromatic carbocycles. The number of nitrogens with one attached hydrogen (secondary N) is 3. The summed E-state index contributed by atoms with van der Waals surface area (Å²) in [7, 11) is 1.66. The Kier molecular flexibility index (Phi) is 7.96. The first kappa shape index (κ1) is 22.0. The van der Waals surface area contributed by atoms with Gasteiger partial charge in [-0.1, -0.05) is 15.9 Å². The summed E-state index contributed by atoms with van der Waals surface area (Å²) >= 11 is 3.35. The van der Waals surface area contributed by atoms with Crippen molar-refractivity contribution in [2.45, 2.75) is 25.3 Å². The van der Waals surface area contributed by atoms with Crippen molar-refractivity contribution < 1.29 is 14.3 Å². The molecule has 30 heavy (non-hydrogen) atoms. The van der Waals surface area contributed by atoms with E-state index in [0.717, 1.165) is 36.2 Å². The van der Waals surface area contributed by atoms with E-state index in [1.54, 1.807) is 19.2 Å². The number of anilines is 2. The number of nitrogens with zero attached hydrogens (tertiary/aromatic N) is 1. The Morgan fingerprint density at radius 2 is 1.73 bits per heavy atom. The lowest BCUT2D eigenvalue weighted by atomic mass is 10.0. The van der Waals surface area contributed by atoms with Crippen LogP contribution in [0.15, 0.2) is 53.0 Å². The van der Waals surface area contributed by atoms with Gasteiger partial charge in [0.15, 0.2) is 0 Å². The first-order chi connectivity index (χ1) is 14.5.